The first kappa shape index (κ1) is 26.9. The van der Waals surface area contributed by atoms with E-state index in [9.17, 15) is 23.6 Å². The summed E-state index contributed by atoms with van der Waals surface area (Å²) in [5, 5.41) is 14.3. The van der Waals surface area contributed by atoms with Gasteiger partial charge in [0, 0.05) is 29.9 Å². The van der Waals surface area contributed by atoms with Crippen LogP contribution >= 0.6 is 11.6 Å². The summed E-state index contributed by atoms with van der Waals surface area (Å²) in [7, 11) is 0. The zero-order chi connectivity index (χ0) is 26.9. The minimum atomic E-state index is -0.817. The van der Waals surface area contributed by atoms with Gasteiger partial charge in [-0.2, -0.15) is 0 Å². The van der Waals surface area contributed by atoms with Crippen molar-refractivity contribution >= 4 is 40.9 Å². The second-order valence-electron chi connectivity index (χ2n) is 10.4. The highest BCUT2D eigenvalue weighted by Gasteiger charge is 2.38. The van der Waals surface area contributed by atoms with Crippen molar-refractivity contribution < 1.29 is 28.7 Å². The number of halogens is 2. The molecule has 3 N–H and O–H groups in total. The third-order valence-electron chi connectivity index (χ3n) is 7.58. The average molecular weight is 532 g/mol. The van der Waals surface area contributed by atoms with E-state index in [4.69, 9.17) is 16.7 Å². The maximum Gasteiger partial charge on any atom is 0.303 e. The summed E-state index contributed by atoms with van der Waals surface area (Å²) < 4.78 is 15.6. The first-order chi connectivity index (χ1) is 17.5. The summed E-state index contributed by atoms with van der Waals surface area (Å²) in [5.74, 6) is -3.14. The molecule has 2 aromatic rings. The normalized spacial score (nSPS) is 20.8. The molecule has 1 aliphatic carbocycles. The van der Waals surface area contributed by atoms with E-state index in [0.717, 1.165) is 12.8 Å². The topological polar surface area (TPSA) is 118 Å². The molecule has 0 spiro atoms. The van der Waals surface area contributed by atoms with Gasteiger partial charge in [-0.1, -0.05) is 17.7 Å². The third kappa shape index (κ3) is 5.71. The van der Waals surface area contributed by atoms with Crippen molar-refractivity contribution in [3.63, 3.8) is 0 Å². The number of carbonyl (C=O) groups excluding carboxylic acids is 3. The summed E-state index contributed by atoms with van der Waals surface area (Å²) in [6.45, 7) is 3.96. The van der Waals surface area contributed by atoms with Crippen LogP contribution in [0.1, 0.15) is 84.0 Å². The number of carboxylic acid groups (broad SMARTS) is 1. The van der Waals surface area contributed by atoms with Crippen LogP contribution in [0.2, 0.25) is 5.02 Å². The fourth-order valence-corrected chi connectivity index (χ4v) is 5.74. The summed E-state index contributed by atoms with van der Waals surface area (Å²) in [6.07, 6.45) is 4.75. The standard InChI is InChI=1S/C27H31ClFN3O5/c1-15-5-7-17(14-18(15)29)30-25(36)21-19-4-3-13-32(19)23(22(21)28)24(35)26(37)31-27(2)11-9-16(10-12-27)6-8-20(33)34/h5,7,14,16H,3-4,6,8-13H2,1-2H3,(H,30,36)(H,31,37)(H,33,34). The van der Waals surface area contributed by atoms with Crippen LogP contribution in [-0.4, -0.2) is 38.8 Å². The number of hydrogen-bond donors (Lipinski definition) is 3. The molecule has 10 heteroatoms. The number of hydrogen-bond acceptors (Lipinski definition) is 4. The van der Waals surface area contributed by atoms with Crippen molar-refractivity contribution in [3.8, 4) is 0 Å². The summed E-state index contributed by atoms with van der Waals surface area (Å²) >= 11 is 6.56. The molecule has 1 aromatic heterocycles. The van der Waals surface area contributed by atoms with E-state index in [0.29, 0.717) is 49.9 Å². The van der Waals surface area contributed by atoms with E-state index in [1.165, 1.54) is 6.07 Å². The lowest BCUT2D eigenvalue weighted by Gasteiger charge is -2.37. The molecular weight excluding hydrogens is 501 g/mol. The minimum Gasteiger partial charge on any atom is -0.481 e. The Balaban J connectivity index is 1.49. The highest BCUT2D eigenvalue weighted by molar-refractivity contribution is 6.48. The van der Waals surface area contributed by atoms with Gasteiger partial charge in [-0.05, 0) is 82.4 Å². The van der Waals surface area contributed by atoms with Crippen LogP contribution < -0.4 is 10.6 Å². The molecule has 0 saturated heterocycles. The fourth-order valence-electron chi connectivity index (χ4n) is 5.36. The molecule has 0 atom stereocenters. The number of carbonyl (C=O) groups is 4. The largest absolute Gasteiger partial charge is 0.481 e. The number of nitrogens with one attached hydrogen (secondary N) is 2. The van der Waals surface area contributed by atoms with Crippen LogP contribution in [0.25, 0.3) is 0 Å². The highest BCUT2D eigenvalue weighted by atomic mass is 35.5. The molecular formula is C27H31ClFN3O5. The fraction of sp³-hybridized carbons (Fsp3) is 0.481. The Bertz CT molecular complexity index is 1260. The third-order valence-corrected chi connectivity index (χ3v) is 7.94. The van der Waals surface area contributed by atoms with E-state index in [2.05, 4.69) is 10.6 Å². The molecule has 198 valence electrons. The van der Waals surface area contributed by atoms with Crippen LogP contribution in [0.15, 0.2) is 18.2 Å². The van der Waals surface area contributed by atoms with Crippen LogP contribution in [0.5, 0.6) is 0 Å². The van der Waals surface area contributed by atoms with Crippen LogP contribution in [0, 0.1) is 18.7 Å². The molecule has 0 radical (unpaired) electrons. The van der Waals surface area contributed by atoms with Crippen LogP contribution in [0.3, 0.4) is 0 Å². The van der Waals surface area contributed by atoms with Gasteiger partial charge in [-0.15, -0.1) is 0 Å². The maximum atomic E-state index is 14.0. The lowest BCUT2D eigenvalue weighted by Crippen LogP contribution is -2.50. The van der Waals surface area contributed by atoms with Crippen molar-refractivity contribution in [2.24, 2.45) is 5.92 Å². The zero-order valence-corrected chi connectivity index (χ0v) is 21.7. The molecule has 0 bridgehead atoms. The lowest BCUT2D eigenvalue weighted by molar-refractivity contribution is -0.137. The van der Waals surface area contributed by atoms with Crippen LogP contribution in [-0.2, 0) is 22.6 Å². The van der Waals surface area contributed by atoms with Gasteiger partial charge in [0.05, 0.1) is 10.6 Å². The van der Waals surface area contributed by atoms with Gasteiger partial charge in [0.1, 0.15) is 11.5 Å². The first-order valence-corrected chi connectivity index (χ1v) is 12.9. The summed E-state index contributed by atoms with van der Waals surface area (Å²) in [4.78, 5) is 50.3. The second-order valence-corrected chi connectivity index (χ2v) is 10.8. The van der Waals surface area contributed by atoms with Gasteiger partial charge in [0.15, 0.2) is 0 Å². The molecule has 2 amide bonds. The summed E-state index contributed by atoms with van der Waals surface area (Å²) in [5.41, 5.74) is 0.819. The number of anilines is 1. The predicted molar refractivity (Wildman–Crippen MR) is 137 cm³/mol. The van der Waals surface area contributed by atoms with Gasteiger partial charge < -0.3 is 20.3 Å². The molecule has 4 rings (SSSR count). The first-order valence-electron chi connectivity index (χ1n) is 12.6. The Morgan fingerprint density at radius 3 is 2.57 bits per heavy atom. The Morgan fingerprint density at radius 2 is 1.92 bits per heavy atom. The van der Waals surface area contributed by atoms with Gasteiger partial charge >= 0.3 is 5.97 Å². The number of nitrogens with zero attached hydrogens (tertiary/aromatic N) is 1. The van der Waals surface area contributed by atoms with E-state index in [-0.39, 0.29) is 34.3 Å². The minimum absolute atomic E-state index is 0.00866. The Kier molecular flexibility index (Phi) is 7.73. The average Bonchev–Trinajstić information content (AvgIpc) is 3.40. The molecule has 1 saturated carbocycles. The summed E-state index contributed by atoms with van der Waals surface area (Å²) in [6, 6.07) is 4.35. The van der Waals surface area contributed by atoms with Crippen molar-refractivity contribution in [2.75, 3.05) is 5.32 Å². The highest BCUT2D eigenvalue weighted by Crippen LogP contribution is 2.36. The Morgan fingerprint density at radius 1 is 1.22 bits per heavy atom. The zero-order valence-electron chi connectivity index (χ0n) is 21.0. The maximum absolute atomic E-state index is 14.0. The lowest BCUT2D eigenvalue weighted by atomic mass is 9.76. The van der Waals surface area contributed by atoms with E-state index in [1.54, 1.807) is 23.6 Å². The van der Waals surface area contributed by atoms with Gasteiger partial charge in [-0.3, -0.25) is 19.2 Å². The number of aliphatic carboxylic acids is 1. The number of rotatable bonds is 8. The number of Topliss-reactive ketones (excluding diaryl/α,β-unsaturated/α-hetero) is 1. The molecule has 2 aliphatic rings. The van der Waals surface area contributed by atoms with Crippen LogP contribution in [0.4, 0.5) is 10.1 Å². The number of benzene rings is 1. The van der Waals surface area contributed by atoms with Crippen molar-refractivity contribution in [1.82, 2.24) is 9.88 Å². The number of aryl methyl sites for hydroxylation is 1. The predicted octanol–water partition coefficient (Wildman–Crippen LogP) is 4.90. The van der Waals surface area contributed by atoms with Crippen molar-refractivity contribution in [3.05, 3.63) is 51.6 Å². The molecule has 2 heterocycles. The quantitative estimate of drug-likeness (QED) is 0.331. The molecule has 0 unspecified atom stereocenters. The van der Waals surface area contributed by atoms with Gasteiger partial charge in [0.2, 0.25) is 0 Å². The second kappa shape index (κ2) is 10.7. The number of aromatic nitrogens is 1. The molecule has 8 nitrogen and oxygen atoms in total. The molecule has 1 fully saturated rings. The monoisotopic (exact) mass is 531 g/mol. The van der Waals surface area contributed by atoms with E-state index in [1.807, 2.05) is 6.92 Å². The number of fused-ring (bicyclic) bond motifs is 1. The molecule has 37 heavy (non-hydrogen) atoms. The Labute approximate surface area is 219 Å². The smallest absolute Gasteiger partial charge is 0.303 e. The SMILES string of the molecule is Cc1ccc(NC(=O)c2c(Cl)c(C(=O)C(=O)NC3(C)CCC(CCC(=O)O)CC3)n3c2CCC3)cc1F. The number of carboxylic acids is 1. The van der Waals surface area contributed by atoms with Crippen molar-refractivity contribution in [1.29, 1.82) is 0 Å². The number of amides is 2. The van der Waals surface area contributed by atoms with Gasteiger partial charge in [-0.25, -0.2) is 4.39 Å². The molecule has 1 aromatic carbocycles. The van der Waals surface area contributed by atoms with E-state index >= 15 is 0 Å². The Hall–Kier alpha value is -3.20. The van der Waals surface area contributed by atoms with E-state index < -0.39 is 34.9 Å². The number of ketones is 1. The van der Waals surface area contributed by atoms with Crippen molar-refractivity contribution in [2.45, 2.75) is 77.3 Å². The van der Waals surface area contributed by atoms with Gasteiger partial charge in [0.25, 0.3) is 17.6 Å². The molecule has 1 aliphatic heterocycles.